The summed E-state index contributed by atoms with van der Waals surface area (Å²) in [5.74, 6) is -1.58. The summed E-state index contributed by atoms with van der Waals surface area (Å²) in [5.41, 5.74) is 3.76. The van der Waals surface area contributed by atoms with Crippen LogP contribution in [0.3, 0.4) is 0 Å². The molecule has 4 rings (SSSR count). The van der Waals surface area contributed by atoms with Crippen molar-refractivity contribution < 1.29 is 29.6 Å². The van der Waals surface area contributed by atoms with E-state index in [4.69, 9.17) is 4.74 Å². The molecule has 6 nitrogen and oxygen atoms in total. The third kappa shape index (κ3) is 3.73. The number of rotatable bonds is 7. The van der Waals surface area contributed by atoms with Gasteiger partial charge in [-0.05, 0) is 72.2 Å². The predicted molar refractivity (Wildman–Crippen MR) is 132 cm³/mol. The van der Waals surface area contributed by atoms with Crippen molar-refractivity contribution in [2.24, 2.45) is 0 Å². The second-order valence-corrected chi connectivity index (χ2v) is 8.82. The molecule has 1 heterocycles. The van der Waals surface area contributed by atoms with Gasteiger partial charge in [0.15, 0.2) is 5.60 Å². The number of benzene rings is 3. The van der Waals surface area contributed by atoms with E-state index in [0.717, 1.165) is 22.3 Å². The molecular weight excluding hydrogens is 444 g/mol. The number of carboxylic acid groups (broad SMARTS) is 1. The van der Waals surface area contributed by atoms with E-state index in [0.29, 0.717) is 42.4 Å². The second kappa shape index (κ2) is 9.10. The molecule has 3 N–H and O–H groups in total. The zero-order chi connectivity index (χ0) is 25.5. The highest BCUT2D eigenvalue weighted by Crippen LogP contribution is 2.50. The quantitative estimate of drug-likeness (QED) is 0.390. The molecule has 3 aromatic carbocycles. The van der Waals surface area contributed by atoms with Gasteiger partial charge in [-0.25, -0.2) is 9.59 Å². The smallest absolute Gasteiger partial charge is 0.340 e. The molecule has 0 atom stereocenters. The Balaban J connectivity index is 2.11. The minimum atomic E-state index is -1.45. The standard InChI is InChI=1S/C29H30O6/c1-5-16-11-19(14-25(30)21(16)7-3)29(20-12-17(6-2)22(8-4)26(31)15-20)24-10-9-18(27(32)33)13-23(24)28(34)35-29/h9-15,30-31H,5-8H2,1-4H3,(H,32,33). The molecule has 3 aromatic rings. The van der Waals surface area contributed by atoms with Crippen LogP contribution in [0, 0.1) is 0 Å². The number of phenolic OH excluding ortho intramolecular Hbond substituents is 2. The van der Waals surface area contributed by atoms with Crippen LogP contribution in [0.15, 0.2) is 42.5 Å². The van der Waals surface area contributed by atoms with E-state index in [9.17, 15) is 24.9 Å². The molecule has 1 aliphatic heterocycles. The number of fused-ring (bicyclic) bond motifs is 1. The molecule has 0 spiro atoms. The van der Waals surface area contributed by atoms with Gasteiger partial charge in [0.2, 0.25) is 0 Å². The lowest BCUT2D eigenvalue weighted by atomic mass is 9.77. The van der Waals surface area contributed by atoms with E-state index in [2.05, 4.69) is 0 Å². The number of phenols is 2. The van der Waals surface area contributed by atoms with Gasteiger partial charge in [-0.2, -0.15) is 0 Å². The average molecular weight is 475 g/mol. The SMILES string of the molecule is CCc1cc(C2(c3cc(O)c(CC)c(CC)c3)OC(=O)c3cc(C(=O)O)ccc32)cc(O)c1CC. The van der Waals surface area contributed by atoms with Crippen LogP contribution in [0.25, 0.3) is 0 Å². The number of hydrogen-bond donors (Lipinski definition) is 3. The van der Waals surface area contributed by atoms with Gasteiger partial charge >= 0.3 is 11.9 Å². The van der Waals surface area contributed by atoms with Gasteiger partial charge in [0, 0.05) is 16.7 Å². The van der Waals surface area contributed by atoms with Crippen molar-refractivity contribution in [2.45, 2.75) is 59.0 Å². The van der Waals surface area contributed by atoms with E-state index >= 15 is 0 Å². The largest absolute Gasteiger partial charge is 0.508 e. The lowest BCUT2D eigenvalue weighted by Gasteiger charge is -2.32. The summed E-state index contributed by atoms with van der Waals surface area (Å²) in [5, 5.41) is 31.3. The number of carbonyl (C=O) groups is 2. The molecule has 1 aliphatic rings. The number of aryl methyl sites for hydroxylation is 2. The normalized spacial score (nSPS) is 14.0. The van der Waals surface area contributed by atoms with Gasteiger partial charge in [-0.15, -0.1) is 0 Å². The van der Waals surface area contributed by atoms with Crippen LogP contribution >= 0.6 is 0 Å². The molecule has 0 aromatic heterocycles. The Labute approximate surface area is 204 Å². The Kier molecular flexibility index (Phi) is 6.32. The lowest BCUT2D eigenvalue weighted by molar-refractivity contribution is 0.0249. The average Bonchev–Trinajstić information content (AvgIpc) is 3.15. The minimum absolute atomic E-state index is 0.0200. The van der Waals surface area contributed by atoms with Crippen molar-refractivity contribution in [1.82, 2.24) is 0 Å². The third-order valence-corrected chi connectivity index (χ3v) is 7.03. The number of ether oxygens (including phenoxy) is 1. The van der Waals surface area contributed by atoms with Crippen LogP contribution in [0.4, 0.5) is 0 Å². The van der Waals surface area contributed by atoms with Gasteiger partial charge in [0.1, 0.15) is 11.5 Å². The van der Waals surface area contributed by atoms with Gasteiger partial charge in [-0.3, -0.25) is 0 Å². The number of carboxylic acids is 1. The molecule has 0 amide bonds. The maximum Gasteiger partial charge on any atom is 0.340 e. The van der Waals surface area contributed by atoms with Crippen molar-refractivity contribution in [2.75, 3.05) is 0 Å². The first kappa shape index (κ1) is 24.3. The molecule has 182 valence electrons. The summed E-state index contributed by atoms with van der Waals surface area (Å²) < 4.78 is 6.13. The Hall–Kier alpha value is -3.80. The Morgan fingerprint density at radius 3 is 1.74 bits per heavy atom. The summed E-state index contributed by atoms with van der Waals surface area (Å²) in [6.07, 6.45) is 2.62. The first-order valence-corrected chi connectivity index (χ1v) is 12.0. The molecule has 0 bridgehead atoms. The molecule has 0 aliphatic carbocycles. The molecule has 0 unspecified atom stereocenters. The third-order valence-electron chi connectivity index (χ3n) is 7.03. The van der Waals surface area contributed by atoms with Crippen molar-refractivity contribution in [3.05, 3.63) is 92.5 Å². The highest BCUT2D eigenvalue weighted by atomic mass is 16.6. The second-order valence-electron chi connectivity index (χ2n) is 8.82. The summed E-state index contributed by atoms with van der Waals surface area (Å²) >= 11 is 0. The Morgan fingerprint density at radius 2 is 1.31 bits per heavy atom. The van der Waals surface area contributed by atoms with Crippen molar-refractivity contribution in [1.29, 1.82) is 0 Å². The lowest BCUT2D eigenvalue weighted by Crippen LogP contribution is -2.30. The molecule has 0 radical (unpaired) electrons. The topological polar surface area (TPSA) is 104 Å². The Morgan fingerprint density at radius 1 is 0.800 bits per heavy atom. The van der Waals surface area contributed by atoms with Gasteiger partial charge in [0.25, 0.3) is 0 Å². The first-order chi connectivity index (χ1) is 16.7. The van der Waals surface area contributed by atoms with Crippen molar-refractivity contribution in [3.8, 4) is 11.5 Å². The molecule has 6 heteroatoms. The fraction of sp³-hybridized carbons (Fsp3) is 0.310. The highest BCUT2D eigenvalue weighted by Gasteiger charge is 2.49. The van der Waals surface area contributed by atoms with E-state index in [1.807, 2.05) is 39.8 Å². The van der Waals surface area contributed by atoms with E-state index in [1.54, 1.807) is 18.2 Å². The van der Waals surface area contributed by atoms with Gasteiger partial charge in [-0.1, -0.05) is 45.9 Å². The van der Waals surface area contributed by atoms with Crippen LogP contribution in [0.1, 0.15) is 87.4 Å². The van der Waals surface area contributed by atoms with Crippen LogP contribution in [-0.4, -0.2) is 27.3 Å². The number of hydrogen-bond acceptors (Lipinski definition) is 5. The summed E-state index contributed by atoms with van der Waals surface area (Å²) in [6, 6.07) is 11.5. The van der Waals surface area contributed by atoms with Crippen LogP contribution in [0.2, 0.25) is 0 Å². The molecule has 35 heavy (non-hydrogen) atoms. The summed E-state index contributed by atoms with van der Waals surface area (Å²) in [4.78, 5) is 24.8. The summed E-state index contributed by atoms with van der Waals surface area (Å²) in [7, 11) is 0. The zero-order valence-corrected chi connectivity index (χ0v) is 20.4. The van der Waals surface area contributed by atoms with Crippen LogP contribution in [-0.2, 0) is 36.0 Å². The highest BCUT2D eigenvalue weighted by molar-refractivity contribution is 5.99. The van der Waals surface area contributed by atoms with Gasteiger partial charge < -0.3 is 20.1 Å². The maximum atomic E-state index is 13.2. The number of esters is 1. The Bertz CT molecular complexity index is 1280. The fourth-order valence-corrected chi connectivity index (χ4v) is 5.28. The summed E-state index contributed by atoms with van der Waals surface area (Å²) in [6.45, 7) is 7.93. The van der Waals surface area contributed by atoms with Gasteiger partial charge in [0.05, 0.1) is 11.1 Å². The number of aromatic carboxylic acids is 1. The number of cyclic esters (lactones) is 1. The van der Waals surface area contributed by atoms with Crippen LogP contribution in [0.5, 0.6) is 11.5 Å². The number of aromatic hydroxyl groups is 2. The predicted octanol–water partition coefficient (Wildman–Crippen LogP) is 5.51. The molecule has 0 saturated carbocycles. The molecule has 0 fully saturated rings. The van der Waals surface area contributed by atoms with Crippen molar-refractivity contribution >= 4 is 11.9 Å². The van der Waals surface area contributed by atoms with Crippen molar-refractivity contribution in [3.63, 3.8) is 0 Å². The number of carbonyl (C=O) groups excluding carboxylic acids is 1. The maximum absolute atomic E-state index is 13.2. The first-order valence-electron chi connectivity index (χ1n) is 12.0. The van der Waals surface area contributed by atoms with E-state index in [1.165, 1.54) is 12.1 Å². The zero-order valence-electron chi connectivity index (χ0n) is 20.4. The van der Waals surface area contributed by atoms with E-state index < -0.39 is 17.5 Å². The fourth-order valence-electron chi connectivity index (χ4n) is 5.28. The molecule has 0 saturated heterocycles. The van der Waals surface area contributed by atoms with Crippen LogP contribution < -0.4 is 0 Å². The monoisotopic (exact) mass is 474 g/mol. The molecular formula is C29H30O6. The van der Waals surface area contributed by atoms with E-state index in [-0.39, 0.29) is 22.6 Å². The minimum Gasteiger partial charge on any atom is -0.508 e.